The summed E-state index contributed by atoms with van der Waals surface area (Å²) in [7, 11) is -6.35. The predicted molar refractivity (Wildman–Crippen MR) is 308 cm³/mol. The van der Waals surface area contributed by atoms with Crippen molar-refractivity contribution >= 4 is 84.9 Å². The maximum absolute atomic E-state index is 2.68. The maximum Gasteiger partial charge on any atom is 0.291 e. The summed E-state index contributed by atoms with van der Waals surface area (Å²) in [5.74, 6) is 5.21. The van der Waals surface area contributed by atoms with Gasteiger partial charge in [-0.25, -0.2) is 0 Å². The lowest BCUT2D eigenvalue weighted by Crippen LogP contribution is -3.00. The molecule has 0 aromatic heterocycles. The number of para-hydroxylation sites is 4. The van der Waals surface area contributed by atoms with Gasteiger partial charge in [-0.15, -0.1) is 9.15 Å². The fraction of sp³-hybridized carbons (Fsp3) is 0.167. The van der Waals surface area contributed by atoms with Crippen molar-refractivity contribution in [2.45, 2.75) is 0 Å². The lowest BCUT2D eigenvalue weighted by atomic mass is 10.3. The molecule has 4 atom stereocenters. The molecule has 0 spiro atoms. The standard InChI is InChI=1S/2C30H33N2P2.2HI/c2*1-33(29-19-11-5-12-20-29)23-31(27-15-7-3-8-16-27)25-34(2,30-21-13-6-14-22-30)26-32(24-33)28-17-9-4-10-18-28;;/h2*3-23H,24-26H2,1-2H3;2*1H/q2*+3;;/p-2. The topological polar surface area (TPSA) is 12.5 Å². The first kappa shape index (κ1) is 53.7. The first-order chi connectivity index (χ1) is 33.1. The molecule has 8 aromatic rings. The third kappa shape index (κ3) is 12.9. The van der Waals surface area contributed by atoms with Gasteiger partial charge in [0.1, 0.15) is 60.9 Å². The molecule has 0 saturated heterocycles. The molecule has 0 amide bonds. The molecule has 4 nitrogen and oxygen atoms in total. The highest BCUT2D eigenvalue weighted by molar-refractivity contribution is 7.95. The van der Waals surface area contributed by atoms with Crippen LogP contribution in [0.3, 0.4) is 0 Å². The summed E-state index contributed by atoms with van der Waals surface area (Å²) < 4.78 is 5.17. The number of hydrogen-bond acceptors (Lipinski definition) is 2. The molecule has 2 aliphatic rings. The van der Waals surface area contributed by atoms with Crippen molar-refractivity contribution in [2.75, 3.05) is 74.2 Å². The summed E-state index contributed by atoms with van der Waals surface area (Å²) in [6, 6.07) is 88.7. The smallest absolute Gasteiger partial charge is 0.291 e. The van der Waals surface area contributed by atoms with Crippen molar-refractivity contribution in [1.29, 1.82) is 0 Å². The summed E-state index contributed by atoms with van der Waals surface area (Å²) in [5, 5.41) is 5.90. The highest BCUT2D eigenvalue weighted by Gasteiger charge is 2.52. The molecule has 10 rings (SSSR count). The van der Waals surface area contributed by atoms with Crippen LogP contribution in [0.25, 0.3) is 0 Å². The molecule has 0 fully saturated rings. The normalized spacial score (nSPS) is 22.3. The summed E-state index contributed by atoms with van der Waals surface area (Å²) in [6.45, 7) is 10.1. The van der Waals surface area contributed by atoms with E-state index in [0.29, 0.717) is 0 Å². The Hall–Kier alpha value is -4.12. The average molecular weight is 1220 g/mol. The molecule has 2 heterocycles. The van der Waals surface area contributed by atoms with Crippen LogP contribution in [0.15, 0.2) is 243 Å². The second-order valence-corrected chi connectivity index (χ2v) is 34.0. The largest absolute Gasteiger partial charge is 1.00 e. The maximum atomic E-state index is 2.68. The summed E-state index contributed by atoms with van der Waals surface area (Å²) in [4.78, 5) is 5.36. The molecule has 70 heavy (non-hydrogen) atoms. The Morgan fingerprint density at radius 1 is 0.300 bits per heavy atom. The number of halogens is 2. The van der Waals surface area contributed by atoms with Crippen molar-refractivity contribution in [3.63, 3.8) is 0 Å². The Balaban J connectivity index is 0.000000201. The Kier molecular flexibility index (Phi) is 18.8. The third-order valence-electron chi connectivity index (χ3n) is 13.5. The van der Waals surface area contributed by atoms with E-state index in [1.54, 1.807) is 0 Å². The zero-order valence-corrected chi connectivity index (χ0v) is 48.7. The fourth-order valence-electron chi connectivity index (χ4n) is 9.95. The van der Waals surface area contributed by atoms with Crippen LogP contribution in [0.2, 0.25) is 0 Å². The van der Waals surface area contributed by atoms with Crippen LogP contribution < -0.4 is 79.0 Å². The van der Waals surface area contributed by atoms with Gasteiger partial charge in [-0.3, -0.25) is 0 Å². The van der Waals surface area contributed by atoms with Gasteiger partial charge in [-0.2, -0.15) is 0 Å². The van der Waals surface area contributed by atoms with Crippen LogP contribution in [0.1, 0.15) is 0 Å². The molecule has 0 saturated carbocycles. The lowest BCUT2D eigenvalue weighted by Gasteiger charge is -2.34. The van der Waals surface area contributed by atoms with Gasteiger partial charge in [-0.1, -0.05) is 146 Å². The Bertz CT molecular complexity index is 2710. The average Bonchev–Trinajstić information content (AvgIpc) is 3.39. The van der Waals surface area contributed by atoms with Crippen LogP contribution >= 0.6 is 29.0 Å². The molecule has 8 aromatic carbocycles. The second kappa shape index (κ2) is 24.5. The van der Waals surface area contributed by atoms with E-state index in [9.17, 15) is 0 Å². The Morgan fingerprint density at radius 2 is 0.543 bits per heavy atom. The summed E-state index contributed by atoms with van der Waals surface area (Å²) >= 11 is 0. The minimum Gasteiger partial charge on any atom is -1.00 e. The van der Waals surface area contributed by atoms with Gasteiger partial charge >= 0.3 is 0 Å². The Labute approximate surface area is 455 Å². The van der Waals surface area contributed by atoms with Crippen molar-refractivity contribution < 1.29 is 57.1 Å². The molecule has 2 aliphatic heterocycles. The molecule has 0 radical (unpaired) electrons. The minimum absolute atomic E-state index is 0. The molecular weight excluding hydrogens is 1150 g/mol. The van der Waals surface area contributed by atoms with Crippen LogP contribution in [-0.4, -0.2) is 85.4 Å². The molecule has 0 N–H and O–H groups in total. The monoisotopic (exact) mass is 1220 g/mol. The molecule has 10 heteroatoms. The van der Waals surface area contributed by atoms with Gasteiger partial charge in [0.2, 0.25) is 11.4 Å². The van der Waals surface area contributed by atoms with Gasteiger partial charge in [0.05, 0.1) is 26.7 Å². The van der Waals surface area contributed by atoms with Crippen LogP contribution in [0.4, 0.5) is 22.7 Å². The van der Waals surface area contributed by atoms with Crippen molar-refractivity contribution in [2.24, 2.45) is 0 Å². The van der Waals surface area contributed by atoms with E-state index >= 15 is 0 Å². The van der Waals surface area contributed by atoms with E-state index in [-0.39, 0.29) is 48.0 Å². The lowest BCUT2D eigenvalue weighted by molar-refractivity contribution is -0.411. The zero-order valence-electron chi connectivity index (χ0n) is 40.8. The molecule has 0 bridgehead atoms. The highest BCUT2D eigenvalue weighted by atomic mass is 127. The summed E-state index contributed by atoms with van der Waals surface area (Å²) in [5.41, 5.74) is 5.24. The number of nitrogens with zero attached hydrogens (tertiary/aromatic N) is 4. The van der Waals surface area contributed by atoms with E-state index in [1.807, 2.05) is 0 Å². The van der Waals surface area contributed by atoms with Gasteiger partial charge < -0.3 is 57.8 Å². The number of rotatable bonds is 8. The molecule has 4 unspecified atom stereocenters. The van der Waals surface area contributed by atoms with Crippen molar-refractivity contribution in [1.82, 2.24) is 0 Å². The molecule has 356 valence electrons. The van der Waals surface area contributed by atoms with E-state index in [4.69, 9.17) is 0 Å². The van der Waals surface area contributed by atoms with Crippen molar-refractivity contribution in [3.8, 4) is 0 Å². The van der Waals surface area contributed by atoms with Crippen LogP contribution in [-0.2, 0) is 0 Å². The molecular formula is C60H66I2N4P4+4. The van der Waals surface area contributed by atoms with Gasteiger partial charge in [0, 0.05) is 35.6 Å². The van der Waals surface area contributed by atoms with E-state index in [1.165, 1.54) is 44.0 Å². The second-order valence-electron chi connectivity index (χ2n) is 19.1. The first-order valence-corrected chi connectivity index (χ1v) is 33.9. The van der Waals surface area contributed by atoms with E-state index in [0.717, 1.165) is 37.7 Å². The highest BCUT2D eigenvalue weighted by Crippen LogP contribution is 2.62. The SMILES string of the molecule is C[P+]1(c2ccccc2)C=[N+](c2ccccc2)C[P+](C)(c2ccccc2)CN(c2ccccc2)C1.C[P+]1(c2ccccc2)C=[N+](c2ccccc2)C[P+](C)(c2ccccc2)CN(c2ccccc2)C1.[I-].[I-]. The third-order valence-corrected chi connectivity index (χ3v) is 26.8. The van der Waals surface area contributed by atoms with Crippen LogP contribution in [0, 0.1) is 0 Å². The summed E-state index contributed by atoms with van der Waals surface area (Å²) in [6.07, 6.45) is 6.28. The van der Waals surface area contributed by atoms with Gasteiger partial charge in [0.15, 0.2) is 14.5 Å². The Morgan fingerprint density at radius 3 is 0.829 bits per heavy atom. The fourth-order valence-corrected chi connectivity index (χ4v) is 23.1. The predicted octanol–water partition coefficient (Wildman–Crippen LogP) is 7.40. The minimum atomic E-state index is -1.63. The molecule has 0 aliphatic carbocycles. The van der Waals surface area contributed by atoms with Gasteiger partial charge in [0.25, 0.3) is 24.5 Å². The van der Waals surface area contributed by atoms with E-state index < -0.39 is 29.0 Å². The number of hydrogen-bond donors (Lipinski definition) is 0. The van der Waals surface area contributed by atoms with E-state index in [2.05, 4.69) is 300 Å². The quantitative estimate of drug-likeness (QED) is 0.0895. The first-order valence-electron chi connectivity index (χ1n) is 23.7. The number of anilines is 2. The number of benzene rings is 8. The van der Waals surface area contributed by atoms with Crippen molar-refractivity contribution in [3.05, 3.63) is 243 Å². The zero-order chi connectivity index (χ0) is 46.9. The van der Waals surface area contributed by atoms with Crippen LogP contribution in [0.5, 0.6) is 0 Å². The van der Waals surface area contributed by atoms with Gasteiger partial charge in [-0.05, 0) is 72.8 Å².